The largest absolute Gasteiger partial charge is 0.423 e. The first kappa shape index (κ1) is 15.5. The molecule has 2 aromatic carbocycles. The Labute approximate surface area is 134 Å². The number of benzene rings is 2. The van der Waals surface area contributed by atoms with Gasteiger partial charge in [0.05, 0.1) is 17.9 Å². The van der Waals surface area contributed by atoms with Crippen LogP contribution in [-0.4, -0.2) is 27.6 Å². The summed E-state index contributed by atoms with van der Waals surface area (Å²) in [6.45, 7) is 2.83. The molecule has 120 valence electrons. The fraction of sp³-hybridized carbons (Fsp3) is 0.188. The van der Waals surface area contributed by atoms with Crippen LogP contribution in [0.4, 0.5) is 5.69 Å². The van der Waals surface area contributed by atoms with Crippen LogP contribution in [0, 0.1) is 0 Å². The van der Waals surface area contributed by atoms with E-state index in [4.69, 9.17) is 4.74 Å². The molecule has 0 aromatic heterocycles. The van der Waals surface area contributed by atoms with E-state index in [2.05, 4.69) is 4.72 Å². The number of carbonyl (C=O) groups is 1. The second-order valence-corrected chi connectivity index (χ2v) is 6.78. The molecule has 0 saturated carbocycles. The number of sulfonamides is 1. The van der Waals surface area contributed by atoms with Crippen molar-refractivity contribution in [2.24, 2.45) is 0 Å². The summed E-state index contributed by atoms with van der Waals surface area (Å²) in [5.41, 5.74) is 1.01. The summed E-state index contributed by atoms with van der Waals surface area (Å²) in [5, 5.41) is 0. The van der Waals surface area contributed by atoms with Crippen LogP contribution in [0.2, 0.25) is 0 Å². The molecule has 1 N–H and O–H groups in total. The van der Waals surface area contributed by atoms with Gasteiger partial charge in [-0.15, -0.1) is 0 Å². The van der Waals surface area contributed by atoms with Gasteiger partial charge >= 0.3 is 5.97 Å². The Morgan fingerprint density at radius 3 is 2.65 bits per heavy atom. The van der Waals surface area contributed by atoms with Gasteiger partial charge in [-0.1, -0.05) is 18.2 Å². The molecule has 7 heteroatoms. The van der Waals surface area contributed by atoms with E-state index in [0.717, 1.165) is 0 Å². The predicted molar refractivity (Wildman–Crippen MR) is 86.1 cm³/mol. The summed E-state index contributed by atoms with van der Waals surface area (Å²) < 4.78 is 32.1. The van der Waals surface area contributed by atoms with Gasteiger partial charge in [0, 0.05) is 12.6 Å². The van der Waals surface area contributed by atoms with Crippen molar-refractivity contribution in [2.45, 2.75) is 11.8 Å². The van der Waals surface area contributed by atoms with Crippen molar-refractivity contribution in [3.8, 4) is 5.75 Å². The number of hydrogen-bond acceptors (Lipinski definition) is 5. The van der Waals surface area contributed by atoms with Crippen molar-refractivity contribution < 1.29 is 17.9 Å². The average molecular weight is 332 g/mol. The highest BCUT2D eigenvalue weighted by molar-refractivity contribution is 7.89. The van der Waals surface area contributed by atoms with Gasteiger partial charge in [0.25, 0.3) is 0 Å². The quantitative estimate of drug-likeness (QED) is 0.687. The topological polar surface area (TPSA) is 75.7 Å². The van der Waals surface area contributed by atoms with Gasteiger partial charge in [-0.3, -0.25) is 0 Å². The first-order valence-electron chi connectivity index (χ1n) is 7.17. The molecular formula is C16H16N2O4S. The summed E-state index contributed by atoms with van der Waals surface area (Å²) >= 11 is 0. The molecule has 0 fully saturated rings. The van der Waals surface area contributed by atoms with Gasteiger partial charge in [0.1, 0.15) is 10.6 Å². The molecule has 0 amide bonds. The van der Waals surface area contributed by atoms with Gasteiger partial charge < -0.3 is 9.64 Å². The zero-order chi connectivity index (χ0) is 16.4. The molecule has 1 aliphatic heterocycles. The monoisotopic (exact) mass is 332 g/mol. The van der Waals surface area contributed by atoms with Crippen molar-refractivity contribution in [2.75, 3.05) is 18.1 Å². The number of fused-ring (bicyclic) bond motifs is 1. The molecule has 6 nitrogen and oxygen atoms in total. The Bertz CT molecular complexity index is 834. The molecule has 3 rings (SSSR count). The van der Waals surface area contributed by atoms with E-state index in [1.165, 1.54) is 6.07 Å². The highest BCUT2D eigenvalue weighted by Crippen LogP contribution is 2.32. The van der Waals surface area contributed by atoms with Crippen LogP contribution in [0.25, 0.3) is 0 Å². The molecule has 0 spiro atoms. The second-order valence-electron chi connectivity index (χ2n) is 5.05. The molecule has 2 aromatic rings. The van der Waals surface area contributed by atoms with E-state index >= 15 is 0 Å². The van der Waals surface area contributed by atoms with Gasteiger partial charge in [-0.25, -0.2) is 13.2 Å². The zero-order valence-electron chi connectivity index (χ0n) is 12.5. The maximum atomic E-state index is 12.2. The minimum Gasteiger partial charge on any atom is -0.423 e. The van der Waals surface area contributed by atoms with Crippen LogP contribution in [0.1, 0.15) is 17.3 Å². The van der Waals surface area contributed by atoms with Crippen LogP contribution in [0.15, 0.2) is 53.4 Å². The Balaban J connectivity index is 1.93. The van der Waals surface area contributed by atoms with Crippen molar-refractivity contribution in [1.82, 2.24) is 4.72 Å². The van der Waals surface area contributed by atoms with Gasteiger partial charge in [0.15, 0.2) is 0 Å². The molecule has 0 atom stereocenters. The number of anilines is 1. The Kier molecular flexibility index (Phi) is 4.06. The number of nitrogens with zero attached hydrogens (tertiary/aromatic N) is 1. The zero-order valence-corrected chi connectivity index (χ0v) is 13.3. The third kappa shape index (κ3) is 3.06. The van der Waals surface area contributed by atoms with E-state index < -0.39 is 16.0 Å². The van der Waals surface area contributed by atoms with Crippen LogP contribution >= 0.6 is 0 Å². The van der Waals surface area contributed by atoms with Crippen LogP contribution in [-0.2, 0) is 10.0 Å². The maximum Gasteiger partial charge on any atom is 0.343 e. The first-order chi connectivity index (χ1) is 11.0. The molecule has 0 radical (unpaired) electrons. The van der Waals surface area contributed by atoms with Crippen molar-refractivity contribution >= 4 is 21.7 Å². The molecule has 0 bridgehead atoms. The van der Waals surface area contributed by atoms with Gasteiger partial charge in [-0.05, 0) is 31.2 Å². The summed E-state index contributed by atoms with van der Waals surface area (Å²) in [7, 11) is -3.59. The Hall–Kier alpha value is -2.38. The van der Waals surface area contributed by atoms with E-state index in [0.29, 0.717) is 17.8 Å². The molecule has 23 heavy (non-hydrogen) atoms. The van der Waals surface area contributed by atoms with Crippen LogP contribution in [0.5, 0.6) is 5.75 Å². The average Bonchev–Trinajstić information content (AvgIpc) is 2.56. The second kappa shape index (κ2) is 6.02. The lowest BCUT2D eigenvalue weighted by atomic mass is 10.2. The summed E-state index contributed by atoms with van der Waals surface area (Å²) in [6, 6.07) is 13.2. The SMILES string of the molecule is CCN1CNS(=O)(=O)c2cc(OC(=O)c3ccccc3)ccc21. The summed E-state index contributed by atoms with van der Waals surface area (Å²) in [6.07, 6.45) is 0. The van der Waals surface area contributed by atoms with E-state index in [-0.39, 0.29) is 17.3 Å². The first-order valence-corrected chi connectivity index (χ1v) is 8.65. The third-order valence-electron chi connectivity index (χ3n) is 3.61. The molecule has 1 aliphatic rings. The molecular weight excluding hydrogens is 316 g/mol. The molecule has 1 heterocycles. The lowest BCUT2D eigenvalue weighted by Gasteiger charge is -2.30. The number of ether oxygens (including phenoxy) is 1. The predicted octanol–water partition coefficient (Wildman–Crippen LogP) is 1.98. The highest BCUT2D eigenvalue weighted by atomic mass is 32.2. The van der Waals surface area contributed by atoms with E-state index in [1.807, 2.05) is 11.8 Å². The van der Waals surface area contributed by atoms with Crippen molar-refractivity contribution in [1.29, 1.82) is 0 Å². The van der Waals surface area contributed by atoms with E-state index in [1.54, 1.807) is 42.5 Å². The Morgan fingerprint density at radius 2 is 1.96 bits per heavy atom. The van der Waals surface area contributed by atoms with Crippen molar-refractivity contribution in [3.05, 3.63) is 54.1 Å². The number of rotatable bonds is 3. The minimum atomic E-state index is -3.59. The highest BCUT2D eigenvalue weighted by Gasteiger charge is 2.28. The molecule has 0 saturated heterocycles. The van der Waals surface area contributed by atoms with Crippen LogP contribution < -0.4 is 14.4 Å². The lowest BCUT2D eigenvalue weighted by Crippen LogP contribution is -2.42. The number of carbonyl (C=O) groups excluding carboxylic acids is 1. The minimum absolute atomic E-state index is 0.115. The maximum absolute atomic E-state index is 12.2. The fourth-order valence-electron chi connectivity index (χ4n) is 2.38. The van der Waals surface area contributed by atoms with Gasteiger partial charge in [0.2, 0.25) is 10.0 Å². The van der Waals surface area contributed by atoms with E-state index in [9.17, 15) is 13.2 Å². The molecule has 0 unspecified atom stereocenters. The molecule has 0 aliphatic carbocycles. The summed E-state index contributed by atoms with van der Waals surface area (Å²) in [4.78, 5) is 14.1. The number of esters is 1. The third-order valence-corrected chi connectivity index (χ3v) is 5.02. The fourth-order valence-corrected chi connectivity index (χ4v) is 3.61. The smallest absolute Gasteiger partial charge is 0.343 e. The normalized spacial score (nSPS) is 15.8. The van der Waals surface area contributed by atoms with Gasteiger partial charge in [-0.2, -0.15) is 4.72 Å². The number of hydrogen-bond donors (Lipinski definition) is 1. The van der Waals surface area contributed by atoms with Crippen molar-refractivity contribution in [3.63, 3.8) is 0 Å². The standard InChI is InChI=1S/C16H16N2O4S/c1-2-18-11-17-23(20,21)15-10-13(8-9-14(15)18)22-16(19)12-6-4-3-5-7-12/h3-10,17H,2,11H2,1H3. The lowest BCUT2D eigenvalue weighted by molar-refractivity contribution is 0.0734. The van der Waals surface area contributed by atoms with Crippen LogP contribution in [0.3, 0.4) is 0 Å². The Morgan fingerprint density at radius 1 is 1.22 bits per heavy atom. The number of nitrogens with one attached hydrogen (secondary N) is 1. The summed E-state index contributed by atoms with van der Waals surface area (Å²) in [5.74, 6) is -0.333.